The van der Waals surface area contributed by atoms with Crippen LogP contribution in [0.25, 0.3) is 0 Å². The fourth-order valence-electron chi connectivity index (χ4n) is 4.17. The number of carbonyl (C=O) groups excluding carboxylic acids is 2. The third kappa shape index (κ3) is 5.61. The van der Waals surface area contributed by atoms with E-state index in [1.165, 1.54) is 48.8 Å². The van der Waals surface area contributed by atoms with Gasteiger partial charge in [0, 0.05) is 4.88 Å². The van der Waals surface area contributed by atoms with Crippen LogP contribution in [0.2, 0.25) is 5.02 Å². The summed E-state index contributed by atoms with van der Waals surface area (Å²) in [5, 5.41) is 3.33. The van der Waals surface area contributed by atoms with Gasteiger partial charge in [-0.05, 0) is 69.0 Å². The minimum Gasteiger partial charge on any atom is -0.495 e. The lowest BCUT2D eigenvalue weighted by atomic mass is 10.1. The Morgan fingerprint density at radius 1 is 1.14 bits per heavy atom. The average molecular weight is 563 g/mol. The predicted octanol–water partition coefficient (Wildman–Crippen LogP) is 5.22. The number of carbonyl (C=O) groups is 2. The first-order valence-electron chi connectivity index (χ1n) is 11.7. The summed E-state index contributed by atoms with van der Waals surface area (Å²) in [6.07, 6.45) is 2.48. The van der Waals surface area contributed by atoms with Crippen molar-refractivity contribution in [3.63, 3.8) is 0 Å². The van der Waals surface area contributed by atoms with Crippen molar-refractivity contribution < 1.29 is 27.5 Å². The van der Waals surface area contributed by atoms with Crippen molar-refractivity contribution in [1.82, 2.24) is 0 Å². The molecule has 0 aliphatic heterocycles. The van der Waals surface area contributed by atoms with Gasteiger partial charge in [0.25, 0.3) is 10.0 Å². The van der Waals surface area contributed by atoms with E-state index in [4.69, 9.17) is 21.1 Å². The largest absolute Gasteiger partial charge is 0.495 e. The van der Waals surface area contributed by atoms with Crippen molar-refractivity contribution in [2.45, 2.75) is 38.0 Å². The molecule has 1 amide bonds. The number of thiophene rings is 1. The van der Waals surface area contributed by atoms with Crippen LogP contribution in [0.5, 0.6) is 5.75 Å². The van der Waals surface area contributed by atoms with Crippen molar-refractivity contribution in [3.05, 3.63) is 69.1 Å². The Morgan fingerprint density at radius 3 is 2.51 bits per heavy atom. The molecule has 3 aromatic rings. The maximum Gasteiger partial charge on any atom is 0.341 e. The van der Waals surface area contributed by atoms with E-state index in [9.17, 15) is 18.0 Å². The Morgan fingerprint density at radius 2 is 1.86 bits per heavy atom. The summed E-state index contributed by atoms with van der Waals surface area (Å²) in [7, 11) is -2.69. The summed E-state index contributed by atoms with van der Waals surface area (Å²) in [5.41, 5.74) is 2.34. The van der Waals surface area contributed by atoms with E-state index in [0.29, 0.717) is 16.3 Å². The molecule has 8 nitrogen and oxygen atoms in total. The van der Waals surface area contributed by atoms with Crippen LogP contribution < -0.4 is 14.4 Å². The van der Waals surface area contributed by atoms with Gasteiger partial charge in [-0.15, -0.1) is 11.3 Å². The number of esters is 1. The van der Waals surface area contributed by atoms with Gasteiger partial charge in [-0.1, -0.05) is 29.3 Å². The Bertz CT molecular complexity index is 1430. The van der Waals surface area contributed by atoms with E-state index in [1.54, 1.807) is 19.1 Å². The van der Waals surface area contributed by atoms with E-state index >= 15 is 0 Å². The van der Waals surface area contributed by atoms with Gasteiger partial charge in [-0.3, -0.25) is 9.10 Å². The molecule has 0 atom stereocenters. The molecule has 0 bridgehead atoms. The number of methoxy groups -OCH3 is 1. The quantitative estimate of drug-likeness (QED) is 0.359. The predicted molar refractivity (Wildman–Crippen MR) is 145 cm³/mol. The van der Waals surface area contributed by atoms with E-state index < -0.39 is 28.4 Å². The van der Waals surface area contributed by atoms with Crippen LogP contribution in [0.3, 0.4) is 0 Å². The topological polar surface area (TPSA) is 102 Å². The van der Waals surface area contributed by atoms with Crippen LogP contribution in [0.15, 0.2) is 47.4 Å². The number of rotatable bonds is 9. The molecule has 0 unspecified atom stereocenters. The molecule has 0 saturated heterocycles. The zero-order valence-corrected chi connectivity index (χ0v) is 23.1. The van der Waals surface area contributed by atoms with Crippen LogP contribution in [0, 0.1) is 6.92 Å². The molecular weight excluding hydrogens is 536 g/mol. The molecule has 0 saturated carbocycles. The number of fused-ring (bicyclic) bond motifs is 1. The van der Waals surface area contributed by atoms with Gasteiger partial charge in [0.2, 0.25) is 5.91 Å². The van der Waals surface area contributed by atoms with Crippen LogP contribution in [0.1, 0.15) is 39.7 Å². The highest BCUT2D eigenvalue weighted by molar-refractivity contribution is 7.92. The summed E-state index contributed by atoms with van der Waals surface area (Å²) >= 11 is 7.62. The molecule has 0 fully saturated rings. The fraction of sp³-hybridized carbons (Fsp3) is 0.308. The summed E-state index contributed by atoms with van der Waals surface area (Å²) in [6.45, 7) is 3.24. The average Bonchev–Trinajstić information content (AvgIpc) is 3.43. The molecule has 2 aromatic carbocycles. The van der Waals surface area contributed by atoms with Crippen LogP contribution in [0.4, 0.5) is 10.7 Å². The molecule has 196 valence electrons. The van der Waals surface area contributed by atoms with E-state index in [1.807, 2.05) is 6.92 Å². The fourth-order valence-corrected chi connectivity index (χ4v) is 7.13. The highest BCUT2D eigenvalue weighted by Gasteiger charge is 2.31. The number of halogens is 1. The summed E-state index contributed by atoms with van der Waals surface area (Å²) in [6, 6.07) is 10.8. The molecule has 37 heavy (non-hydrogen) atoms. The second kappa shape index (κ2) is 11.1. The minimum atomic E-state index is -4.14. The maximum absolute atomic E-state index is 13.7. The number of nitrogens with one attached hydrogen (secondary N) is 1. The minimum absolute atomic E-state index is 0.0279. The third-order valence-corrected chi connectivity index (χ3v) is 9.26. The first kappa shape index (κ1) is 27.0. The number of anilines is 2. The zero-order valence-electron chi connectivity index (χ0n) is 20.7. The lowest BCUT2D eigenvalue weighted by molar-refractivity contribution is -0.114. The third-order valence-electron chi connectivity index (χ3n) is 5.97. The van der Waals surface area contributed by atoms with Crippen molar-refractivity contribution in [2.75, 3.05) is 29.9 Å². The van der Waals surface area contributed by atoms with E-state index in [2.05, 4.69) is 5.32 Å². The first-order valence-corrected chi connectivity index (χ1v) is 14.3. The molecule has 11 heteroatoms. The second-order valence-electron chi connectivity index (χ2n) is 8.47. The molecular formula is C26H27ClN2O6S2. The number of aryl methyl sites for hydroxylation is 2. The molecule has 1 N–H and O–H groups in total. The molecule has 0 spiro atoms. The van der Waals surface area contributed by atoms with Gasteiger partial charge in [0.15, 0.2) is 0 Å². The Balaban J connectivity index is 1.69. The lowest BCUT2D eigenvalue weighted by Gasteiger charge is -2.24. The maximum atomic E-state index is 13.7. The first-order chi connectivity index (χ1) is 17.6. The van der Waals surface area contributed by atoms with Crippen LogP contribution in [-0.4, -0.2) is 40.6 Å². The van der Waals surface area contributed by atoms with Gasteiger partial charge >= 0.3 is 5.97 Å². The molecule has 0 radical (unpaired) electrons. The standard InChI is InChI=1S/C26H27ClN2O6S2/c1-4-35-26(31)24-19-6-5-7-22(19)36-25(24)28-23(30)15-29(17-10-13-21(34-3)20(27)14-17)37(32,33)18-11-8-16(2)9-12-18/h8-14H,4-7,15H2,1-3H3,(H,28,30). The van der Waals surface area contributed by atoms with Gasteiger partial charge in [0.05, 0.1) is 34.9 Å². The molecule has 4 rings (SSSR count). The molecule has 1 aliphatic carbocycles. The van der Waals surface area contributed by atoms with Crippen molar-refractivity contribution in [3.8, 4) is 5.75 Å². The molecule has 1 aliphatic rings. The van der Waals surface area contributed by atoms with Crippen molar-refractivity contribution >= 4 is 55.5 Å². The number of nitrogens with zero attached hydrogens (tertiary/aromatic N) is 1. The van der Waals surface area contributed by atoms with Gasteiger partial charge in [-0.25, -0.2) is 13.2 Å². The highest BCUT2D eigenvalue weighted by atomic mass is 35.5. The Labute approximate surface area is 225 Å². The van der Waals surface area contributed by atoms with Crippen LogP contribution in [-0.2, 0) is 32.4 Å². The number of ether oxygens (including phenoxy) is 2. The summed E-state index contributed by atoms with van der Waals surface area (Å²) in [4.78, 5) is 27.0. The normalized spacial score (nSPS) is 12.6. The summed E-state index contributed by atoms with van der Waals surface area (Å²) < 4.78 is 38.7. The van der Waals surface area contributed by atoms with Gasteiger partial charge < -0.3 is 14.8 Å². The Hall–Kier alpha value is -3.08. The molecule has 1 heterocycles. The summed E-state index contributed by atoms with van der Waals surface area (Å²) in [5.74, 6) is -0.730. The highest BCUT2D eigenvalue weighted by Crippen LogP contribution is 2.40. The number of amides is 1. The van der Waals surface area contributed by atoms with Gasteiger partial charge in [-0.2, -0.15) is 0 Å². The van der Waals surface area contributed by atoms with Crippen LogP contribution >= 0.6 is 22.9 Å². The monoisotopic (exact) mass is 562 g/mol. The number of sulfonamides is 1. The second-order valence-corrected chi connectivity index (χ2v) is 11.8. The van der Waals surface area contributed by atoms with E-state index in [0.717, 1.165) is 39.6 Å². The number of hydrogen-bond donors (Lipinski definition) is 1. The van der Waals surface area contributed by atoms with Crippen molar-refractivity contribution in [2.24, 2.45) is 0 Å². The lowest BCUT2D eigenvalue weighted by Crippen LogP contribution is -2.38. The Kier molecular flexibility index (Phi) is 8.11. The number of hydrogen-bond acceptors (Lipinski definition) is 7. The van der Waals surface area contributed by atoms with E-state index in [-0.39, 0.29) is 22.2 Å². The SMILES string of the molecule is CCOC(=O)c1c(NC(=O)CN(c2ccc(OC)c(Cl)c2)S(=O)(=O)c2ccc(C)cc2)sc2c1CCC2. The smallest absolute Gasteiger partial charge is 0.341 e. The van der Waals surface area contributed by atoms with Gasteiger partial charge in [0.1, 0.15) is 17.3 Å². The molecule has 1 aromatic heterocycles. The zero-order chi connectivity index (χ0) is 26.7. The van der Waals surface area contributed by atoms with Crippen molar-refractivity contribution in [1.29, 1.82) is 0 Å². The number of benzene rings is 2.